The molecule has 2 heterocycles. The molecule has 9 heteroatoms. The van der Waals surface area contributed by atoms with Crippen LogP contribution in [-0.2, 0) is 16.1 Å². The van der Waals surface area contributed by atoms with Crippen molar-refractivity contribution in [2.24, 2.45) is 0 Å². The third-order valence-electron chi connectivity index (χ3n) is 6.28. The fourth-order valence-electron chi connectivity index (χ4n) is 4.47. The van der Waals surface area contributed by atoms with Gasteiger partial charge in [-0.25, -0.2) is 4.79 Å². The largest absolute Gasteiger partial charge is 0.445 e. The average molecular weight is 485 g/mol. The van der Waals surface area contributed by atoms with Gasteiger partial charge in [-0.1, -0.05) is 36.4 Å². The number of aromatic nitrogens is 1. The number of nitrogens with one attached hydrogen (secondary N) is 2. The Hall–Kier alpha value is -4.66. The van der Waals surface area contributed by atoms with E-state index in [9.17, 15) is 19.7 Å². The number of non-ortho nitro benzene ring substituents is 1. The van der Waals surface area contributed by atoms with Crippen LogP contribution in [0.25, 0.3) is 22.0 Å². The van der Waals surface area contributed by atoms with Gasteiger partial charge in [0.1, 0.15) is 12.6 Å². The minimum absolute atomic E-state index is 0.115. The number of ether oxygens (including phenoxy) is 1. The molecule has 0 aliphatic carbocycles. The molecule has 1 saturated heterocycles. The Morgan fingerprint density at radius 2 is 1.89 bits per heavy atom. The lowest BCUT2D eigenvalue weighted by atomic mass is 10.0. The second kappa shape index (κ2) is 9.91. The summed E-state index contributed by atoms with van der Waals surface area (Å²) in [5.74, 6) is -0.406. The van der Waals surface area contributed by atoms with Crippen molar-refractivity contribution in [1.82, 2.24) is 9.88 Å². The van der Waals surface area contributed by atoms with Gasteiger partial charge >= 0.3 is 6.09 Å². The number of likely N-dealkylation sites (tertiary alicyclic amines) is 1. The lowest BCUT2D eigenvalue weighted by Crippen LogP contribution is -2.43. The molecule has 1 aliphatic rings. The Morgan fingerprint density at radius 3 is 2.69 bits per heavy atom. The summed E-state index contributed by atoms with van der Waals surface area (Å²) in [6.45, 7) is 0.521. The van der Waals surface area contributed by atoms with E-state index in [1.165, 1.54) is 17.0 Å². The first-order valence-electron chi connectivity index (χ1n) is 11.6. The fraction of sp³-hybridized carbons (Fsp3) is 0.185. The molecule has 182 valence electrons. The monoisotopic (exact) mass is 484 g/mol. The molecular weight excluding hydrogens is 460 g/mol. The Labute approximate surface area is 206 Å². The van der Waals surface area contributed by atoms with E-state index >= 15 is 0 Å². The number of rotatable bonds is 6. The number of nitro benzene ring substituents is 1. The summed E-state index contributed by atoms with van der Waals surface area (Å²) in [6.07, 6.45) is 2.41. The van der Waals surface area contributed by atoms with Crippen LogP contribution in [0.1, 0.15) is 18.4 Å². The van der Waals surface area contributed by atoms with Crippen LogP contribution in [-0.4, -0.2) is 39.4 Å². The van der Waals surface area contributed by atoms with Crippen molar-refractivity contribution in [2.75, 3.05) is 11.9 Å². The first-order chi connectivity index (χ1) is 17.5. The van der Waals surface area contributed by atoms with Gasteiger partial charge in [0.15, 0.2) is 0 Å². The Bertz CT molecular complexity index is 1430. The van der Waals surface area contributed by atoms with Crippen LogP contribution in [0.4, 0.5) is 16.2 Å². The van der Waals surface area contributed by atoms with Crippen LogP contribution in [0, 0.1) is 10.1 Å². The maximum absolute atomic E-state index is 13.1. The summed E-state index contributed by atoms with van der Waals surface area (Å²) in [4.78, 5) is 41.5. The normalized spacial score (nSPS) is 15.1. The van der Waals surface area contributed by atoms with Crippen molar-refractivity contribution in [3.8, 4) is 11.1 Å². The number of carbonyl (C=O) groups excluding carboxylic acids is 2. The molecule has 0 spiro atoms. The molecule has 3 aromatic carbocycles. The van der Waals surface area contributed by atoms with E-state index in [1.54, 1.807) is 6.07 Å². The highest BCUT2D eigenvalue weighted by molar-refractivity contribution is 5.98. The summed E-state index contributed by atoms with van der Waals surface area (Å²) in [6, 6.07) is 20.7. The highest BCUT2D eigenvalue weighted by Gasteiger charge is 2.35. The standard InChI is InChI=1S/C27H24N4O5/c32-26(25-7-4-12-30(25)27(33)36-17-18-5-2-1-3-6-18)29-22-14-21(15-23(16-22)31(34)35)19-8-9-24-20(13-19)10-11-28-24/h1-3,5-6,8-11,13-16,25,28H,4,7,12,17H2,(H,29,32). The third-order valence-corrected chi connectivity index (χ3v) is 6.28. The summed E-state index contributed by atoms with van der Waals surface area (Å²) in [5.41, 5.74) is 3.36. The third kappa shape index (κ3) is 4.90. The van der Waals surface area contributed by atoms with Crippen LogP contribution in [0.15, 0.2) is 79.0 Å². The zero-order valence-corrected chi connectivity index (χ0v) is 19.3. The van der Waals surface area contributed by atoms with Gasteiger partial charge in [0.2, 0.25) is 5.91 Å². The van der Waals surface area contributed by atoms with Gasteiger partial charge in [-0.15, -0.1) is 0 Å². The number of H-pyrrole nitrogens is 1. The van der Waals surface area contributed by atoms with E-state index < -0.39 is 23.0 Å². The predicted octanol–water partition coefficient (Wildman–Crippen LogP) is 5.48. The average Bonchev–Trinajstić information content (AvgIpc) is 3.57. The van der Waals surface area contributed by atoms with Gasteiger partial charge in [0, 0.05) is 36.1 Å². The van der Waals surface area contributed by atoms with Crippen molar-refractivity contribution >= 4 is 34.3 Å². The maximum Gasteiger partial charge on any atom is 0.410 e. The first kappa shape index (κ1) is 23.1. The van der Waals surface area contributed by atoms with Crippen molar-refractivity contribution in [3.05, 3.63) is 94.7 Å². The van der Waals surface area contributed by atoms with E-state index in [4.69, 9.17) is 4.74 Å². The summed E-state index contributed by atoms with van der Waals surface area (Å²) in [5, 5.41) is 15.4. The van der Waals surface area contributed by atoms with Crippen LogP contribution in [0.3, 0.4) is 0 Å². The van der Waals surface area contributed by atoms with Crippen molar-refractivity contribution < 1.29 is 19.2 Å². The number of nitrogens with zero attached hydrogens (tertiary/aromatic N) is 2. The van der Waals surface area contributed by atoms with Crippen molar-refractivity contribution in [1.29, 1.82) is 0 Å². The first-order valence-corrected chi connectivity index (χ1v) is 11.6. The van der Waals surface area contributed by atoms with Crippen molar-refractivity contribution in [3.63, 3.8) is 0 Å². The van der Waals surface area contributed by atoms with Crippen LogP contribution < -0.4 is 5.32 Å². The number of aromatic amines is 1. The zero-order chi connectivity index (χ0) is 25.1. The van der Waals surface area contributed by atoms with E-state index in [2.05, 4.69) is 10.3 Å². The molecule has 1 aromatic heterocycles. The molecule has 0 bridgehead atoms. The molecule has 4 aromatic rings. The molecule has 1 unspecified atom stereocenters. The van der Waals surface area contributed by atoms with Gasteiger partial charge in [0.25, 0.3) is 5.69 Å². The lowest BCUT2D eigenvalue weighted by molar-refractivity contribution is -0.384. The number of nitro groups is 1. The topological polar surface area (TPSA) is 118 Å². The summed E-state index contributed by atoms with van der Waals surface area (Å²) in [7, 11) is 0. The number of hydrogen-bond donors (Lipinski definition) is 2. The molecule has 9 nitrogen and oxygen atoms in total. The zero-order valence-electron chi connectivity index (χ0n) is 19.3. The van der Waals surface area contributed by atoms with Crippen LogP contribution in [0.5, 0.6) is 0 Å². The van der Waals surface area contributed by atoms with E-state index in [-0.39, 0.29) is 12.3 Å². The maximum atomic E-state index is 13.1. The Morgan fingerprint density at radius 1 is 1.06 bits per heavy atom. The van der Waals surface area contributed by atoms with E-state index in [1.807, 2.05) is 60.8 Å². The quantitative estimate of drug-likeness (QED) is 0.277. The van der Waals surface area contributed by atoms with Gasteiger partial charge in [-0.3, -0.25) is 19.8 Å². The molecule has 2 amide bonds. The van der Waals surface area contributed by atoms with E-state index in [0.717, 1.165) is 22.0 Å². The fourth-order valence-corrected chi connectivity index (χ4v) is 4.47. The van der Waals surface area contributed by atoms with Gasteiger partial charge in [-0.2, -0.15) is 0 Å². The Kier molecular flexibility index (Phi) is 6.36. The number of carbonyl (C=O) groups is 2. The molecule has 36 heavy (non-hydrogen) atoms. The molecule has 1 fully saturated rings. The van der Waals surface area contributed by atoms with Gasteiger partial charge in [0.05, 0.1) is 4.92 Å². The predicted molar refractivity (Wildman–Crippen MR) is 135 cm³/mol. The van der Waals surface area contributed by atoms with Crippen LogP contribution >= 0.6 is 0 Å². The molecule has 2 N–H and O–H groups in total. The number of hydrogen-bond acceptors (Lipinski definition) is 5. The van der Waals surface area contributed by atoms with Gasteiger partial charge in [-0.05, 0) is 59.2 Å². The molecular formula is C27H24N4O5. The van der Waals surface area contributed by atoms with Gasteiger partial charge < -0.3 is 15.0 Å². The molecule has 5 rings (SSSR count). The highest BCUT2D eigenvalue weighted by atomic mass is 16.6. The number of anilines is 1. The molecule has 0 radical (unpaired) electrons. The SMILES string of the molecule is O=C(Nc1cc(-c2ccc3[nH]ccc3c2)cc([N+](=O)[O-])c1)C1CCCN1C(=O)OCc1ccccc1. The number of benzene rings is 3. The van der Waals surface area contributed by atoms with E-state index in [0.29, 0.717) is 30.6 Å². The summed E-state index contributed by atoms with van der Waals surface area (Å²) >= 11 is 0. The smallest absolute Gasteiger partial charge is 0.410 e. The second-order valence-corrected chi connectivity index (χ2v) is 8.69. The van der Waals surface area contributed by atoms with Crippen LogP contribution in [0.2, 0.25) is 0 Å². The number of fused-ring (bicyclic) bond motifs is 1. The Balaban J connectivity index is 1.33. The summed E-state index contributed by atoms with van der Waals surface area (Å²) < 4.78 is 5.41. The number of amides is 2. The molecule has 1 atom stereocenters. The second-order valence-electron chi connectivity index (χ2n) is 8.69. The van der Waals surface area contributed by atoms with Crippen molar-refractivity contribution in [2.45, 2.75) is 25.5 Å². The minimum atomic E-state index is -0.716. The lowest BCUT2D eigenvalue weighted by Gasteiger charge is -2.23. The minimum Gasteiger partial charge on any atom is -0.445 e. The molecule has 0 saturated carbocycles. The highest BCUT2D eigenvalue weighted by Crippen LogP contribution is 2.31. The molecule has 1 aliphatic heterocycles.